The first-order valence-corrected chi connectivity index (χ1v) is 5.46. The van der Waals surface area contributed by atoms with E-state index in [1.807, 2.05) is 0 Å². The van der Waals surface area contributed by atoms with Crippen LogP contribution in [0.5, 0.6) is 0 Å². The first-order chi connectivity index (χ1) is 7.61. The average molecular weight is 221 g/mol. The van der Waals surface area contributed by atoms with Gasteiger partial charge in [-0.1, -0.05) is 13.8 Å². The van der Waals surface area contributed by atoms with Gasteiger partial charge in [-0.05, 0) is 18.1 Å². The van der Waals surface area contributed by atoms with Crippen molar-refractivity contribution in [2.45, 2.75) is 26.9 Å². The monoisotopic (exact) mass is 221 g/mol. The van der Waals surface area contributed by atoms with Gasteiger partial charge in [0, 0.05) is 12.6 Å². The summed E-state index contributed by atoms with van der Waals surface area (Å²) in [6.45, 7) is 5.50. The zero-order chi connectivity index (χ0) is 11.7. The van der Waals surface area contributed by atoms with E-state index in [9.17, 15) is 4.39 Å². The zero-order valence-electron chi connectivity index (χ0n) is 9.57. The molecule has 2 rings (SSSR count). The standard InChI is InChI=1S/C12H16FN3/c1-8(2)7-16-11-4-3-9(13)5-10(11)15-12(16)6-14/h3-5,8H,6-7,14H2,1-2H3. The molecule has 0 atom stereocenters. The van der Waals surface area contributed by atoms with Crippen molar-refractivity contribution < 1.29 is 4.39 Å². The summed E-state index contributed by atoms with van der Waals surface area (Å²) in [7, 11) is 0. The predicted octanol–water partition coefficient (Wildman–Crippen LogP) is 2.29. The van der Waals surface area contributed by atoms with E-state index in [0.29, 0.717) is 18.0 Å². The second-order valence-corrected chi connectivity index (χ2v) is 4.37. The molecule has 0 saturated carbocycles. The number of hydrogen-bond donors (Lipinski definition) is 1. The van der Waals surface area contributed by atoms with Crippen molar-refractivity contribution in [1.29, 1.82) is 0 Å². The molecule has 0 radical (unpaired) electrons. The van der Waals surface area contributed by atoms with Gasteiger partial charge in [0.1, 0.15) is 11.6 Å². The van der Waals surface area contributed by atoms with Crippen molar-refractivity contribution in [3.8, 4) is 0 Å². The molecule has 0 amide bonds. The van der Waals surface area contributed by atoms with Crippen molar-refractivity contribution in [3.63, 3.8) is 0 Å². The number of aromatic nitrogens is 2. The van der Waals surface area contributed by atoms with Gasteiger partial charge < -0.3 is 10.3 Å². The summed E-state index contributed by atoms with van der Waals surface area (Å²) in [6.07, 6.45) is 0. The molecule has 0 aliphatic rings. The minimum absolute atomic E-state index is 0.259. The molecular weight excluding hydrogens is 205 g/mol. The summed E-state index contributed by atoms with van der Waals surface area (Å²) in [4.78, 5) is 4.34. The largest absolute Gasteiger partial charge is 0.327 e. The second kappa shape index (κ2) is 4.22. The summed E-state index contributed by atoms with van der Waals surface area (Å²) in [6, 6.07) is 4.67. The third-order valence-electron chi connectivity index (χ3n) is 2.52. The minimum atomic E-state index is -0.259. The molecular formula is C12H16FN3. The van der Waals surface area contributed by atoms with Gasteiger partial charge in [-0.3, -0.25) is 0 Å². The molecule has 0 unspecified atom stereocenters. The van der Waals surface area contributed by atoms with Crippen LogP contribution in [0.15, 0.2) is 18.2 Å². The smallest absolute Gasteiger partial charge is 0.125 e. The summed E-state index contributed by atoms with van der Waals surface area (Å²) in [5.74, 6) is 1.06. The number of nitrogens with two attached hydrogens (primary N) is 1. The molecule has 86 valence electrons. The number of nitrogens with zero attached hydrogens (tertiary/aromatic N) is 2. The van der Waals surface area contributed by atoms with E-state index in [2.05, 4.69) is 23.4 Å². The Morgan fingerprint density at radius 1 is 1.44 bits per heavy atom. The van der Waals surface area contributed by atoms with E-state index in [0.717, 1.165) is 17.9 Å². The maximum atomic E-state index is 13.1. The number of rotatable bonds is 3. The van der Waals surface area contributed by atoms with Gasteiger partial charge in [0.05, 0.1) is 17.6 Å². The molecule has 0 aliphatic heterocycles. The molecule has 2 aromatic rings. The lowest BCUT2D eigenvalue weighted by Crippen LogP contribution is -2.11. The molecule has 2 N–H and O–H groups in total. The van der Waals surface area contributed by atoms with Crippen LogP contribution in [-0.4, -0.2) is 9.55 Å². The summed E-state index contributed by atoms with van der Waals surface area (Å²) < 4.78 is 15.1. The van der Waals surface area contributed by atoms with E-state index in [-0.39, 0.29) is 5.82 Å². The van der Waals surface area contributed by atoms with Crippen molar-refractivity contribution in [1.82, 2.24) is 9.55 Å². The number of hydrogen-bond acceptors (Lipinski definition) is 2. The molecule has 0 bridgehead atoms. The summed E-state index contributed by atoms with van der Waals surface area (Å²) in [5.41, 5.74) is 7.29. The first kappa shape index (κ1) is 11.1. The summed E-state index contributed by atoms with van der Waals surface area (Å²) >= 11 is 0. The highest BCUT2D eigenvalue weighted by atomic mass is 19.1. The van der Waals surface area contributed by atoms with Gasteiger partial charge in [-0.15, -0.1) is 0 Å². The lowest BCUT2D eigenvalue weighted by atomic mass is 10.2. The minimum Gasteiger partial charge on any atom is -0.327 e. The van der Waals surface area contributed by atoms with Crippen LogP contribution in [0.4, 0.5) is 4.39 Å². The van der Waals surface area contributed by atoms with Gasteiger partial charge >= 0.3 is 0 Å². The Hall–Kier alpha value is -1.42. The van der Waals surface area contributed by atoms with Crippen LogP contribution < -0.4 is 5.73 Å². The van der Waals surface area contributed by atoms with Crippen molar-refractivity contribution in [2.75, 3.05) is 0 Å². The average Bonchev–Trinajstić information content (AvgIpc) is 2.55. The van der Waals surface area contributed by atoms with Crippen LogP contribution in [0.25, 0.3) is 11.0 Å². The van der Waals surface area contributed by atoms with Crippen LogP contribution >= 0.6 is 0 Å². The quantitative estimate of drug-likeness (QED) is 0.864. The number of halogens is 1. The van der Waals surface area contributed by atoms with E-state index < -0.39 is 0 Å². The van der Waals surface area contributed by atoms with Crippen LogP contribution in [0, 0.1) is 11.7 Å². The van der Waals surface area contributed by atoms with Crippen LogP contribution in [-0.2, 0) is 13.1 Å². The van der Waals surface area contributed by atoms with Gasteiger partial charge in [0.15, 0.2) is 0 Å². The Labute approximate surface area is 94.1 Å². The van der Waals surface area contributed by atoms with Crippen molar-refractivity contribution >= 4 is 11.0 Å². The molecule has 16 heavy (non-hydrogen) atoms. The van der Waals surface area contributed by atoms with E-state index in [1.165, 1.54) is 12.1 Å². The second-order valence-electron chi connectivity index (χ2n) is 4.37. The Morgan fingerprint density at radius 3 is 2.81 bits per heavy atom. The van der Waals surface area contributed by atoms with Crippen molar-refractivity contribution in [2.24, 2.45) is 11.7 Å². The topological polar surface area (TPSA) is 43.8 Å². The van der Waals surface area contributed by atoms with Crippen LogP contribution in [0.2, 0.25) is 0 Å². The molecule has 1 aromatic carbocycles. The highest BCUT2D eigenvalue weighted by Crippen LogP contribution is 2.18. The molecule has 1 heterocycles. The fourth-order valence-electron chi connectivity index (χ4n) is 1.88. The van der Waals surface area contributed by atoms with Crippen LogP contribution in [0.3, 0.4) is 0 Å². The lowest BCUT2D eigenvalue weighted by Gasteiger charge is -2.10. The molecule has 3 nitrogen and oxygen atoms in total. The van der Waals surface area contributed by atoms with Gasteiger partial charge in [-0.2, -0.15) is 0 Å². The Bertz CT molecular complexity index is 502. The van der Waals surface area contributed by atoms with E-state index >= 15 is 0 Å². The number of fused-ring (bicyclic) bond motifs is 1. The highest BCUT2D eigenvalue weighted by Gasteiger charge is 2.10. The van der Waals surface area contributed by atoms with E-state index in [4.69, 9.17) is 5.73 Å². The molecule has 0 fully saturated rings. The van der Waals surface area contributed by atoms with Crippen molar-refractivity contribution in [3.05, 3.63) is 29.8 Å². The Kier molecular flexibility index (Phi) is 2.92. The summed E-state index contributed by atoms with van der Waals surface area (Å²) in [5, 5.41) is 0. The maximum absolute atomic E-state index is 13.1. The Morgan fingerprint density at radius 2 is 2.19 bits per heavy atom. The molecule has 0 saturated heterocycles. The molecule has 1 aromatic heterocycles. The van der Waals surface area contributed by atoms with Gasteiger partial charge in [0.2, 0.25) is 0 Å². The lowest BCUT2D eigenvalue weighted by molar-refractivity contribution is 0.517. The van der Waals surface area contributed by atoms with Gasteiger partial charge in [0.25, 0.3) is 0 Å². The van der Waals surface area contributed by atoms with Crippen LogP contribution in [0.1, 0.15) is 19.7 Å². The fraction of sp³-hybridized carbons (Fsp3) is 0.417. The SMILES string of the molecule is CC(C)Cn1c(CN)nc2cc(F)ccc21. The number of imidazole rings is 1. The van der Waals surface area contributed by atoms with Gasteiger partial charge in [-0.25, -0.2) is 9.37 Å². The predicted molar refractivity (Wildman–Crippen MR) is 62.4 cm³/mol. The third kappa shape index (κ3) is 1.93. The molecule has 0 spiro atoms. The maximum Gasteiger partial charge on any atom is 0.125 e. The number of benzene rings is 1. The zero-order valence-corrected chi connectivity index (χ0v) is 9.57. The molecule has 4 heteroatoms. The third-order valence-corrected chi connectivity index (χ3v) is 2.52. The molecule has 0 aliphatic carbocycles. The first-order valence-electron chi connectivity index (χ1n) is 5.46. The fourth-order valence-corrected chi connectivity index (χ4v) is 1.88. The highest BCUT2D eigenvalue weighted by molar-refractivity contribution is 5.76. The normalized spacial score (nSPS) is 11.6. The Balaban J connectivity index is 2.59. The van der Waals surface area contributed by atoms with E-state index in [1.54, 1.807) is 6.07 Å².